The van der Waals surface area contributed by atoms with E-state index in [1.165, 1.54) is 109 Å². The zero-order chi connectivity index (χ0) is 63.8. The predicted octanol–water partition coefficient (Wildman–Crippen LogP) is 18.8. The lowest BCUT2D eigenvalue weighted by molar-refractivity contribution is -0.161. The molecule has 5 unspecified atom stereocenters. The summed E-state index contributed by atoms with van der Waals surface area (Å²) in [4.78, 5) is 58.3. The summed E-state index contributed by atoms with van der Waals surface area (Å²) in [6.45, 7) is 2.56. The lowest BCUT2D eigenvalue weighted by Crippen LogP contribution is -2.30. The summed E-state index contributed by atoms with van der Waals surface area (Å²) < 4.78 is 60.8. The molecule has 16 nitrogen and oxygen atoms in total. The molecular formula is C69H124O16P2. The fourth-order valence-electron chi connectivity index (χ4n) is 9.22. The van der Waals surface area contributed by atoms with Gasteiger partial charge in [-0.05, 0) is 70.6 Å². The monoisotopic (exact) mass is 1270 g/mol. The first-order chi connectivity index (χ1) is 42.2. The topological polar surface area (TPSA) is 231 Å². The number of rotatable bonds is 65. The van der Waals surface area contributed by atoms with Gasteiger partial charge >= 0.3 is 33.6 Å². The van der Waals surface area contributed by atoms with E-state index in [-0.39, 0.29) is 19.3 Å². The van der Waals surface area contributed by atoms with Crippen LogP contribution in [0.2, 0.25) is 0 Å². The van der Waals surface area contributed by atoms with E-state index in [1.807, 2.05) is 0 Å². The number of unbranched alkanes of at least 4 members (excludes halogenated alkanes) is 30. The molecule has 0 aromatic carbocycles. The molecule has 0 aliphatic carbocycles. The Morgan fingerprint density at radius 2 is 0.609 bits per heavy atom. The molecule has 0 heterocycles. The van der Waals surface area contributed by atoms with Gasteiger partial charge in [-0.3, -0.25) is 32.5 Å². The van der Waals surface area contributed by atoms with E-state index in [9.17, 15) is 43.5 Å². The molecule has 87 heavy (non-hydrogen) atoms. The number of phosphoric acid groups is 2. The number of hydrogen-bond acceptors (Lipinski definition) is 14. The molecule has 0 rings (SSSR count). The van der Waals surface area contributed by atoms with Crippen LogP contribution in [-0.4, -0.2) is 95.9 Å². The Kier molecular flexibility index (Phi) is 61.0. The van der Waals surface area contributed by atoms with E-state index >= 15 is 0 Å². The van der Waals surface area contributed by atoms with Crippen molar-refractivity contribution in [2.24, 2.45) is 0 Å². The van der Waals surface area contributed by atoms with Crippen LogP contribution in [0.5, 0.6) is 0 Å². The Balaban J connectivity index is 4.52. The molecule has 0 spiro atoms. The van der Waals surface area contributed by atoms with Crippen LogP contribution in [0, 0.1) is 0 Å². The van der Waals surface area contributed by atoms with Gasteiger partial charge in [0.25, 0.3) is 0 Å². The highest BCUT2D eigenvalue weighted by atomic mass is 31.2. The van der Waals surface area contributed by atoms with Crippen LogP contribution in [0.25, 0.3) is 0 Å². The van der Waals surface area contributed by atoms with Gasteiger partial charge in [-0.2, -0.15) is 0 Å². The summed E-state index contributed by atoms with van der Waals surface area (Å²) in [7, 11) is -9.76. The zero-order valence-corrected chi connectivity index (χ0v) is 56.5. The van der Waals surface area contributed by atoms with Gasteiger partial charge in [0.1, 0.15) is 25.4 Å². The van der Waals surface area contributed by atoms with Crippen molar-refractivity contribution in [3.63, 3.8) is 0 Å². The molecule has 0 amide bonds. The van der Waals surface area contributed by atoms with E-state index < -0.39 is 91.5 Å². The highest BCUT2D eigenvalue weighted by Crippen LogP contribution is 2.45. The van der Waals surface area contributed by atoms with Crippen LogP contribution in [0.3, 0.4) is 0 Å². The number of esters is 3. The van der Waals surface area contributed by atoms with E-state index in [1.54, 1.807) is 0 Å². The maximum Gasteiger partial charge on any atom is 0.472 e. The molecule has 0 saturated carbocycles. The summed E-state index contributed by atoms with van der Waals surface area (Å²) in [5.74, 6) is -1.57. The van der Waals surface area contributed by atoms with Crippen molar-refractivity contribution in [1.29, 1.82) is 0 Å². The lowest BCUT2D eigenvalue weighted by atomic mass is 10.0. The standard InChI is InChI=1S/C69H124O16P2/c1-4-7-10-13-16-19-22-25-26-27-28-29-30-31-32-33-34-35-36-39-41-43-46-49-52-55-67(72)79-58-64(70)59-81-86(75,76)82-60-65(71)61-83-87(77,78)84-63-66(85-69(74)57-54-51-48-45-42-38-24-21-18-15-12-9-6-3)62-80-68(73)56-53-50-47-44-40-37-23-20-17-14-11-8-5-2/h7,10,16,19,25-26,28-29,31-32,34-35,64-66,70-71H,4-6,8-9,11-15,17-18,20-24,27,30,33,36-63H2,1-3H3,(H,75,76)(H,77,78)/b10-7-,19-16-,26-25-,29-28-,32-31-,35-34-. The molecule has 0 radical (unpaired) electrons. The SMILES string of the molecule is CC/C=C\C/C=C\C/C=C\C/C=C\C/C=C\C/C=C\CCCCCCCCC(=O)OCC(O)COP(=O)(O)OCC(O)COP(=O)(O)OCC(COC(=O)CCCCCCCCCCCCCCC)OC(=O)CCCCCCCCCCCCCCC. The maximum atomic E-state index is 12.9. The van der Waals surface area contributed by atoms with Gasteiger partial charge < -0.3 is 34.2 Å². The summed E-state index contributed by atoms with van der Waals surface area (Å²) in [5, 5.41) is 20.5. The van der Waals surface area contributed by atoms with Gasteiger partial charge in [0.15, 0.2) is 6.10 Å². The van der Waals surface area contributed by atoms with Gasteiger partial charge in [0.2, 0.25) is 0 Å². The first kappa shape index (κ1) is 84.0. The molecule has 4 N–H and O–H groups in total. The number of ether oxygens (including phenoxy) is 3. The zero-order valence-electron chi connectivity index (χ0n) is 54.7. The number of aliphatic hydroxyl groups is 2. The Bertz CT molecular complexity index is 1880. The third-order valence-electron chi connectivity index (χ3n) is 14.4. The van der Waals surface area contributed by atoms with Gasteiger partial charge in [-0.25, -0.2) is 9.13 Å². The van der Waals surface area contributed by atoms with Crippen LogP contribution in [0.1, 0.15) is 290 Å². The second-order valence-electron chi connectivity index (χ2n) is 23.0. The Morgan fingerprint density at radius 3 is 0.966 bits per heavy atom. The molecule has 506 valence electrons. The van der Waals surface area contributed by atoms with Crippen LogP contribution < -0.4 is 0 Å². The fourth-order valence-corrected chi connectivity index (χ4v) is 10.8. The second kappa shape index (κ2) is 63.2. The number of phosphoric ester groups is 2. The average molecular weight is 1270 g/mol. The third-order valence-corrected chi connectivity index (χ3v) is 16.3. The predicted molar refractivity (Wildman–Crippen MR) is 353 cm³/mol. The van der Waals surface area contributed by atoms with Crippen molar-refractivity contribution in [3.8, 4) is 0 Å². The third kappa shape index (κ3) is 64.3. The van der Waals surface area contributed by atoms with Crippen LogP contribution >= 0.6 is 15.6 Å². The van der Waals surface area contributed by atoms with Crippen molar-refractivity contribution < 1.29 is 75.8 Å². The minimum atomic E-state index is -4.91. The van der Waals surface area contributed by atoms with Crippen LogP contribution in [0.15, 0.2) is 72.9 Å². The molecule has 0 aromatic heterocycles. The molecule has 0 bridgehead atoms. The first-order valence-corrected chi connectivity index (χ1v) is 37.2. The highest BCUT2D eigenvalue weighted by Gasteiger charge is 2.29. The lowest BCUT2D eigenvalue weighted by Gasteiger charge is -2.21. The Morgan fingerprint density at radius 1 is 0.333 bits per heavy atom. The number of aliphatic hydroxyl groups excluding tert-OH is 2. The molecule has 5 atom stereocenters. The van der Waals surface area contributed by atoms with Crippen LogP contribution in [-0.2, 0) is 55.8 Å². The summed E-state index contributed by atoms with van der Waals surface area (Å²) in [6.07, 6.45) is 65.3. The molecule has 0 aliphatic heterocycles. The summed E-state index contributed by atoms with van der Waals surface area (Å²) in [6, 6.07) is 0. The van der Waals surface area contributed by atoms with Crippen LogP contribution in [0.4, 0.5) is 0 Å². The van der Waals surface area contributed by atoms with Crippen molar-refractivity contribution in [1.82, 2.24) is 0 Å². The fraction of sp³-hybridized carbons (Fsp3) is 0.783. The van der Waals surface area contributed by atoms with Crippen molar-refractivity contribution in [2.75, 3.05) is 39.6 Å². The smallest absolute Gasteiger partial charge is 0.463 e. The Labute approximate surface area is 528 Å². The molecule has 0 aromatic rings. The number of hydrogen-bond donors (Lipinski definition) is 4. The van der Waals surface area contributed by atoms with E-state index in [4.69, 9.17) is 32.3 Å². The number of carbonyl (C=O) groups is 3. The summed E-state index contributed by atoms with van der Waals surface area (Å²) >= 11 is 0. The Hall–Kier alpha value is -3.01. The number of allylic oxidation sites excluding steroid dienone is 12. The van der Waals surface area contributed by atoms with Gasteiger partial charge in [0.05, 0.1) is 26.4 Å². The number of carbonyl (C=O) groups excluding carboxylic acids is 3. The average Bonchev–Trinajstić information content (AvgIpc) is 3.69. The van der Waals surface area contributed by atoms with Crippen molar-refractivity contribution in [3.05, 3.63) is 72.9 Å². The molecule has 18 heteroatoms. The van der Waals surface area contributed by atoms with E-state index in [2.05, 4.69) is 93.7 Å². The van der Waals surface area contributed by atoms with E-state index in [0.717, 1.165) is 122 Å². The first-order valence-electron chi connectivity index (χ1n) is 34.2. The largest absolute Gasteiger partial charge is 0.472 e. The molecular weight excluding hydrogens is 1150 g/mol. The minimum Gasteiger partial charge on any atom is -0.463 e. The maximum absolute atomic E-state index is 12.9. The van der Waals surface area contributed by atoms with Crippen molar-refractivity contribution in [2.45, 2.75) is 309 Å². The van der Waals surface area contributed by atoms with Gasteiger partial charge in [-0.15, -0.1) is 0 Å². The minimum absolute atomic E-state index is 0.111. The second-order valence-corrected chi connectivity index (χ2v) is 25.9. The van der Waals surface area contributed by atoms with Crippen molar-refractivity contribution >= 4 is 33.6 Å². The quantitative estimate of drug-likeness (QED) is 0.0146. The van der Waals surface area contributed by atoms with E-state index in [0.29, 0.717) is 19.3 Å². The van der Waals surface area contributed by atoms with Gasteiger partial charge in [-0.1, -0.05) is 273 Å². The molecule has 0 aliphatic rings. The highest BCUT2D eigenvalue weighted by molar-refractivity contribution is 7.47. The molecule has 0 fully saturated rings. The van der Waals surface area contributed by atoms with Gasteiger partial charge in [0, 0.05) is 19.3 Å². The molecule has 0 saturated heterocycles. The normalized spacial score (nSPS) is 14.7. The summed E-state index contributed by atoms with van der Waals surface area (Å²) in [5.41, 5.74) is 0.